The normalized spacial score (nSPS) is 16.7. The molecule has 5 heteroatoms. The Bertz CT molecular complexity index is 766. The molecule has 0 saturated carbocycles. The lowest BCUT2D eigenvalue weighted by atomic mass is 10.1. The second kappa shape index (κ2) is 8.57. The lowest BCUT2D eigenvalue weighted by Crippen LogP contribution is -2.46. The van der Waals surface area contributed by atoms with Gasteiger partial charge < -0.3 is 4.90 Å². The first kappa shape index (κ1) is 18.7. The molecule has 4 rings (SSSR count). The van der Waals surface area contributed by atoms with Gasteiger partial charge in [0.25, 0.3) is 0 Å². The number of nitrogens with zero attached hydrogens (tertiary/aromatic N) is 3. The SMILES string of the molecule is CN(C)c1ccc(C2N(Cc3cccs3)CCCN2Cc2cccs2)cc1. The van der Waals surface area contributed by atoms with Gasteiger partial charge in [-0.25, -0.2) is 0 Å². The van der Waals surface area contributed by atoms with E-state index in [-0.39, 0.29) is 0 Å². The molecule has 0 amide bonds. The van der Waals surface area contributed by atoms with Gasteiger partial charge in [-0.1, -0.05) is 24.3 Å². The van der Waals surface area contributed by atoms with Gasteiger partial charge in [-0.15, -0.1) is 22.7 Å². The lowest BCUT2D eigenvalue weighted by molar-refractivity contribution is -0.00788. The van der Waals surface area contributed by atoms with Crippen LogP contribution >= 0.6 is 22.7 Å². The highest BCUT2D eigenvalue weighted by Crippen LogP contribution is 2.34. The van der Waals surface area contributed by atoms with Crippen LogP contribution in [0.4, 0.5) is 5.69 Å². The molecule has 0 spiro atoms. The minimum absolute atomic E-state index is 0.333. The number of thiophene rings is 2. The van der Waals surface area contributed by atoms with Gasteiger partial charge in [0.05, 0.1) is 6.17 Å². The summed E-state index contributed by atoms with van der Waals surface area (Å²) in [6.45, 7) is 4.36. The Hall–Kier alpha value is -1.66. The topological polar surface area (TPSA) is 9.72 Å². The van der Waals surface area contributed by atoms with Crippen molar-refractivity contribution in [2.75, 3.05) is 32.1 Å². The first-order valence-electron chi connectivity index (χ1n) is 9.51. The molecule has 1 saturated heterocycles. The molecule has 142 valence electrons. The highest BCUT2D eigenvalue weighted by molar-refractivity contribution is 7.10. The van der Waals surface area contributed by atoms with E-state index in [4.69, 9.17) is 0 Å². The van der Waals surface area contributed by atoms with Gasteiger partial charge in [-0.2, -0.15) is 0 Å². The van der Waals surface area contributed by atoms with E-state index >= 15 is 0 Å². The number of hydrogen-bond donors (Lipinski definition) is 0. The van der Waals surface area contributed by atoms with E-state index in [2.05, 4.69) is 88.1 Å². The van der Waals surface area contributed by atoms with Crippen molar-refractivity contribution >= 4 is 28.4 Å². The van der Waals surface area contributed by atoms with Crippen LogP contribution < -0.4 is 4.90 Å². The molecule has 1 fully saturated rings. The van der Waals surface area contributed by atoms with Crippen molar-refractivity contribution < 1.29 is 0 Å². The molecule has 1 aromatic carbocycles. The molecule has 3 heterocycles. The Morgan fingerprint density at radius 3 is 1.85 bits per heavy atom. The maximum atomic E-state index is 2.65. The van der Waals surface area contributed by atoms with Crippen LogP contribution in [0.25, 0.3) is 0 Å². The third-order valence-corrected chi connectivity index (χ3v) is 6.89. The lowest BCUT2D eigenvalue weighted by Gasteiger charge is -2.44. The maximum Gasteiger partial charge on any atom is 0.0892 e. The van der Waals surface area contributed by atoms with Crippen molar-refractivity contribution in [3.05, 3.63) is 74.6 Å². The van der Waals surface area contributed by atoms with Gasteiger partial charge in [0, 0.05) is 55.7 Å². The van der Waals surface area contributed by atoms with Gasteiger partial charge in [0.1, 0.15) is 0 Å². The minimum atomic E-state index is 0.333. The van der Waals surface area contributed by atoms with E-state index in [0.29, 0.717) is 6.17 Å². The average Bonchev–Trinajstić information content (AvgIpc) is 3.36. The summed E-state index contributed by atoms with van der Waals surface area (Å²) >= 11 is 3.72. The van der Waals surface area contributed by atoms with Gasteiger partial charge >= 0.3 is 0 Å². The van der Waals surface area contributed by atoms with Crippen LogP contribution in [0.1, 0.15) is 27.9 Å². The summed E-state index contributed by atoms with van der Waals surface area (Å²) in [5.74, 6) is 0. The molecule has 0 radical (unpaired) electrons. The van der Waals surface area contributed by atoms with E-state index in [0.717, 1.165) is 26.2 Å². The maximum absolute atomic E-state index is 2.65. The summed E-state index contributed by atoms with van der Waals surface area (Å²) in [5.41, 5.74) is 2.65. The van der Waals surface area contributed by atoms with Crippen molar-refractivity contribution in [2.24, 2.45) is 0 Å². The summed E-state index contributed by atoms with van der Waals surface area (Å²) in [7, 11) is 4.20. The number of hydrogen-bond acceptors (Lipinski definition) is 5. The van der Waals surface area contributed by atoms with E-state index in [1.54, 1.807) is 0 Å². The molecule has 0 atom stereocenters. The van der Waals surface area contributed by atoms with Gasteiger partial charge in [0.2, 0.25) is 0 Å². The minimum Gasteiger partial charge on any atom is -0.378 e. The summed E-state index contributed by atoms with van der Waals surface area (Å²) in [6.07, 6.45) is 1.56. The fourth-order valence-corrected chi connectivity index (χ4v) is 5.31. The van der Waals surface area contributed by atoms with Gasteiger partial charge in [-0.3, -0.25) is 9.80 Å². The van der Waals surface area contributed by atoms with E-state index in [1.807, 2.05) is 22.7 Å². The second-order valence-electron chi connectivity index (χ2n) is 7.31. The molecule has 2 aromatic heterocycles. The van der Waals surface area contributed by atoms with Crippen LogP contribution in [0.15, 0.2) is 59.3 Å². The molecular weight excluding hydrogens is 370 g/mol. The Morgan fingerprint density at radius 1 is 0.852 bits per heavy atom. The van der Waals surface area contributed by atoms with Crippen LogP contribution in [0, 0.1) is 0 Å². The number of benzene rings is 1. The standard InChI is InChI=1S/C22H27N3S2/c1-23(2)19-10-8-18(9-11-19)22-24(16-20-6-3-14-26-20)12-5-13-25(22)17-21-7-4-15-27-21/h3-4,6-11,14-15,22H,5,12-13,16-17H2,1-2H3. The fourth-order valence-electron chi connectivity index (χ4n) is 3.86. The molecular formula is C22H27N3S2. The monoisotopic (exact) mass is 397 g/mol. The summed E-state index contributed by atoms with van der Waals surface area (Å²) in [5, 5.41) is 4.37. The third-order valence-electron chi connectivity index (χ3n) is 5.17. The van der Waals surface area contributed by atoms with Crippen LogP contribution in [-0.2, 0) is 13.1 Å². The van der Waals surface area contributed by atoms with Crippen molar-refractivity contribution in [1.82, 2.24) is 9.80 Å². The quantitative estimate of drug-likeness (QED) is 0.560. The predicted octanol–water partition coefficient (Wildman–Crippen LogP) is 5.28. The largest absolute Gasteiger partial charge is 0.378 e. The summed E-state index contributed by atoms with van der Waals surface area (Å²) in [6, 6.07) is 18.0. The zero-order valence-corrected chi connectivity index (χ0v) is 17.7. The number of anilines is 1. The van der Waals surface area contributed by atoms with Gasteiger partial charge in [-0.05, 0) is 47.0 Å². The van der Waals surface area contributed by atoms with Crippen LogP contribution in [0.5, 0.6) is 0 Å². The molecule has 3 aromatic rings. The molecule has 0 unspecified atom stereocenters. The van der Waals surface area contributed by atoms with Crippen LogP contribution in [-0.4, -0.2) is 37.0 Å². The van der Waals surface area contributed by atoms with Crippen molar-refractivity contribution in [1.29, 1.82) is 0 Å². The Kier molecular flexibility index (Phi) is 5.93. The van der Waals surface area contributed by atoms with Crippen molar-refractivity contribution in [2.45, 2.75) is 25.7 Å². The first-order valence-corrected chi connectivity index (χ1v) is 11.3. The zero-order valence-electron chi connectivity index (χ0n) is 16.0. The van der Waals surface area contributed by atoms with Crippen LogP contribution in [0.3, 0.4) is 0 Å². The summed E-state index contributed by atoms with van der Waals surface area (Å²) < 4.78 is 0. The predicted molar refractivity (Wildman–Crippen MR) is 118 cm³/mol. The Balaban J connectivity index is 1.62. The highest BCUT2D eigenvalue weighted by Gasteiger charge is 2.31. The molecule has 0 bridgehead atoms. The van der Waals surface area contributed by atoms with Crippen LogP contribution in [0.2, 0.25) is 0 Å². The number of rotatable bonds is 6. The Morgan fingerprint density at radius 2 is 1.41 bits per heavy atom. The first-order chi connectivity index (χ1) is 13.2. The third kappa shape index (κ3) is 4.43. The van der Waals surface area contributed by atoms with Gasteiger partial charge in [0.15, 0.2) is 0 Å². The fraction of sp³-hybridized carbons (Fsp3) is 0.364. The molecule has 27 heavy (non-hydrogen) atoms. The Labute approximate surface area is 170 Å². The second-order valence-corrected chi connectivity index (χ2v) is 9.38. The molecule has 1 aliphatic heterocycles. The zero-order chi connectivity index (χ0) is 18.6. The molecule has 3 nitrogen and oxygen atoms in total. The van der Waals surface area contributed by atoms with Crippen molar-refractivity contribution in [3.63, 3.8) is 0 Å². The van der Waals surface area contributed by atoms with E-state index in [9.17, 15) is 0 Å². The molecule has 0 N–H and O–H groups in total. The highest BCUT2D eigenvalue weighted by atomic mass is 32.1. The summed E-state index contributed by atoms with van der Waals surface area (Å²) in [4.78, 5) is 10.4. The smallest absolute Gasteiger partial charge is 0.0892 e. The average molecular weight is 398 g/mol. The molecule has 1 aliphatic rings. The van der Waals surface area contributed by atoms with E-state index in [1.165, 1.54) is 27.4 Å². The molecule has 0 aliphatic carbocycles. The van der Waals surface area contributed by atoms with Crippen molar-refractivity contribution in [3.8, 4) is 0 Å². The van der Waals surface area contributed by atoms with E-state index < -0.39 is 0 Å².